The number of hydrogen-bond acceptors (Lipinski definition) is 4. The number of nitrogens with zero attached hydrogens (tertiary/aromatic N) is 1. The van der Waals surface area contributed by atoms with Gasteiger partial charge >= 0.3 is 6.09 Å². The summed E-state index contributed by atoms with van der Waals surface area (Å²) in [6.07, 6.45) is 1.90. The summed E-state index contributed by atoms with van der Waals surface area (Å²) in [6.45, 7) is 7.06. The summed E-state index contributed by atoms with van der Waals surface area (Å²) in [4.78, 5) is 38.2. The van der Waals surface area contributed by atoms with Gasteiger partial charge < -0.3 is 15.0 Å². The third-order valence-corrected chi connectivity index (χ3v) is 4.51. The molecule has 0 saturated carbocycles. The van der Waals surface area contributed by atoms with Crippen molar-refractivity contribution in [3.8, 4) is 0 Å². The molecule has 1 heterocycles. The number of nitrogens with one attached hydrogen (secondary N) is 1. The Labute approximate surface area is 161 Å². The van der Waals surface area contributed by atoms with Gasteiger partial charge in [0.15, 0.2) is 5.78 Å². The van der Waals surface area contributed by atoms with E-state index in [1.165, 1.54) is 0 Å². The van der Waals surface area contributed by atoms with E-state index in [-0.39, 0.29) is 17.6 Å². The van der Waals surface area contributed by atoms with Crippen LogP contribution in [0.1, 0.15) is 56.8 Å². The van der Waals surface area contributed by atoms with Crippen LogP contribution in [0.3, 0.4) is 0 Å². The molecule has 1 N–H and O–H groups in total. The first-order chi connectivity index (χ1) is 12.8. The van der Waals surface area contributed by atoms with E-state index in [0.29, 0.717) is 45.3 Å². The maximum atomic E-state index is 12.5. The van der Waals surface area contributed by atoms with Crippen molar-refractivity contribution in [2.24, 2.45) is 5.92 Å². The fourth-order valence-corrected chi connectivity index (χ4v) is 3.13. The molecule has 27 heavy (non-hydrogen) atoms. The number of hydrogen-bond donors (Lipinski definition) is 1. The van der Waals surface area contributed by atoms with Crippen LogP contribution in [0.25, 0.3) is 0 Å². The largest absolute Gasteiger partial charge is 0.444 e. The highest BCUT2D eigenvalue weighted by Gasteiger charge is 2.27. The molecular formula is C21H30N2O4. The normalized spacial score (nSPS) is 15.3. The van der Waals surface area contributed by atoms with Gasteiger partial charge in [-0.15, -0.1) is 0 Å². The number of ketones is 1. The van der Waals surface area contributed by atoms with Crippen molar-refractivity contribution in [2.75, 3.05) is 19.6 Å². The molecule has 1 fully saturated rings. The predicted molar refractivity (Wildman–Crippen MR) is 104 cm³/mol. The van der Waals surface area contributed by atoms with Gasteiger partial charge in [0.1, 0.15) is 5.60 Å². The number of piperidine rings is 1. The van der Waals surface area contributed by atoms with Crippen LogP contribution in [0.15, 0.2) is 30.3 Å². The first kappa shape index (κ1) is 20.9. The fraction of sp³-hybridized carbons (Fsp3) is 0.571. The molecule has 1 aromatic rings. The zero-order chi connectivity index (χ0) is 19.9. The molecule has 2 amide bonds. The molecule has 1 aliphatic rings. The van der Waals surface area contributed by atoms with Gasteiger partial charge in [-0.2, -0.15) is 0 Å². The van der Waals surface area contributed by atoms with Gasteiger partial charge in [0.05, 0.1) is 0 Å². The maximum Gasteiger partial charge on any atom is 0.407 e. The maximum absolute atomic E-state index is 12.5. The number of Topliss-reactive ketones (excluding diaryl/α,β-unsaturated/α-hetero) is 1. The van der Waals surface area contributed by atoms with Crippen LogP contribution in [0, 0.1) is 5.92 Å². The van der Waals surface area contributed by atoms with E-state index in [9.17, 15) is 14.4 Å². The number of rotatable bonds is 6. The lowest BCUT2D eigenvalue weighted by atomic mass is 9.89. The summed E-state index contributed by atoms with van der Waals surface area (Å²) in [5, 5.41) is 2.66. The molecule has 1 aliphatic heterocycles. The summed E-state index contributed by atoms with van der Waals surface area (Å²) in [5.41, 5.74) is 0.219. The number of benzene rings is 1. The quantitative estimate of drug-likeness (QED) is 0.611. The molecule has 148 valence electrons. The van der Waals surface area contributed by atoms with Crippen LogP contribution in [0.2, 0.25) is 0 Å². The van der Waals surface area contributed by atoms with Crippen molar-refractivity contribution < 1.29 is 19.1 Å². The number of amides is 2. The van der Waals surface area contributed by atoms with E-state index >= 15 is 0 Å². The second-order valence-corrected chi connectivity index (χ2v) is 7.92. The molecule has 0 bridgehead atoms. The molecule has 1 aromatic carbocycles. The monoisotopic (exact) mass is 374 g/mol. The minimum atomic E-state index is -0.526. The highest BCUT2D eigenvalue weighted by Crippen LogP contribution is 2.22. The Morgan fingerprint density at radius 2 is 1.74 bits per heavy atom. The van der Waals surface area contributed by atoms with Crippen LogP contribution in [0.5, 0.6) is 0 Å². The first-order valence-electron chi connectivity index (χ1n) is 9.60. The molecule has 0 spiro atoms. The van der Waals surface area contributed by atoms with Gasteiger partial charge in [0.25, 0.3) is 0 Å². The third kappa shape index (κ3) is 7.04. The zero-order valence-electron chi connectivity index (χ0n) is 16.5. The Balaban J connectivity index is 1.66. The third-order valence-electron chi connectivity index (χ3n) is 4.51. The lowest BCUT2D eigenvalue weighted by molar-refractivity contribution is -0.132. The Hall–Kier alpha value is -2.37. The average molecular weight is 374 g/mol. The molecule has 6 heteroatoms. The average Bonchev–Trinajstić information content (AvgIpc) is 2.64. The fourth-order valence-electron chi connectivity index (χ4n) is 3.13. The molecular weight excluding hydrogens is 344 g/mol. The van der Waals surface area contributed by atoms with Crippen molar-refractivity contribution in [3.63, 3.8) is 0 Å². The van der Waals surface area contributed by atoms with Gasteiger partial charge in [0, 0.05) is 37.5 Å². The van der Waals surface area contributed by atoms with Gasteiger partial charge in [-0.05, 0) is 40.0 Å². The van der Waals surface area contributed by atoms with E-state index in [2.05, 4.69) is 5.32 Å². The first-order valence-corrected chi connectivity index (χ1v) is 9.60. The topological polar surface area (TPSA) is 75.7 Å². The molecule has 0 aliphatic carbocycles. The van der Waals surface area contributed by atoms with Gasteiger partial charge in [-0.25, -0.2) is 4.79 Å². The lowest BCUT2D eigenvalue weighted by Gasteiger charge is -2.31. The summed E-state index contributed by atoms with van der Waals surface area (Å²) in [6, 6.07) is 9.33. The number of likely N-dealkylation sites (tertiary alicyclic amines) is 1. The molecule has 0 unspecified atom stereocenters. The van der Waals surface area contributed by atoms with E-state index < -0.39 is 11.7 Å². The van der Waals surface area contributed by atoms with Crippen molar-refractivity contribution >= 4 is 17.8 Å². The molecule has 0 radical (unpaired) electrons. The van der Waals surface area contributed by atoms with E-state index in [1.807, 2.05) is 56.0 Å². The summed E-state index contributed by atoms with van der Waals surface area (Å²) in [7, 11) is 0. The summed E-state index contributed by atoms with van der Waals surface area (Å²) in [5.74, 6) is 0.237. The summed E-state index contributed by atoms with van der Waals surface area (Å²) < 4.78 is 5.15. The van der Waals surface area contributed by atoms with Crippen molar-refractivity contribution in [3.05, 3.63) is 35.9 Å². The van der Waals surface area contributed by atoms with Crippen molar-refractivity contribution in [1.29, 1.82) is 0 Å². The molecule has 6 nitrogen and oxygen atoms in total. The van der Waals surface area contributed by atoms with Crippen LogP contribution in [-0.4, -0.2) is 47.9 Å². The van der Waals surface area contributed by atoms with Crippen molar-refractivity contribution in [1.82, 2.24) is 10.2 Å². The number of alkyl carbamates (subject to hydrolysis) is 1. The van der Waals surface area contributed by atoms with Gasteiger partial charge in [-0.3, -0.25) is 9.59 Å². The van der Waals surface area contributed by atoms with Gasteiger partial charge in [0.2, 0.25) is 5.91 Å². The second kappa shape index (κ2) is 9.53. The highest BCUT2D eigenvalue weighted by molar-refractivity contribution is 5.98. The predicted octanol–water partition coefficient (Wildman–Crippen LogP) is 3.41. The van der Waals surface area contributed by atoms with E-state index in [1.54, 1.807) is 0 Å². The minimum Gasteiger partial charge on any atom is -0.444 e. The highest BCUT2D eigenvalue weighted by atomic mass is 16.6. The second-order valence-electron chi connectivity index (χ2n) is 7.92. The van der Waals surface area contributed by atoms with E-state index in [4.69, 9.17) is 4.74 Å². The van der Waals surface area contributed by atoms with Crippen molar-refractivity contribution in [2.45, 2.75) is 52.1 Å². The lowest BCUT2D eigenvalue weighted by Crippen LogP contribution is -2.40. The summed E-state index contributed by atoms with van der Waals surface area (Å²) >= 11 is 0. The number of ether oxygens (including phenoxy) is 1. The molecule has 0 aromatic heterocycles. The van der Waals surface area contributed by atoms with E-state index in [0.717, 1.165) is 5.56 Å². The van der Waals surface area contributed by atoms with Crippen LogP contribution in [0.4, 0.5) is 4.79 Å². The van der Waals surface area contributed by atoms with Crippen LogP contribution >= 0.6 is 0 Å². The SMILES string of the molecule is CC(C)(C)OC(=O)NCCCC(=O)N1CCC(C(=O)c2ccccc2)CC1. The Kier molecular flexibility index (Phi) is 7.39. The molecule has 1 saturated heterocycles. The van der Waals surface area contributed by atoms with Gasteiger partial charge in [-0.1, -0.05) is 30.3 Å². The minimum absolute atomic E-state index is 0.00900. The zero-order valence-corrected chi connectivity index (χ0v) is 16.5. The Morgan fingerprint density at radius 1 is 1.11 bits per heavy atom. The Bertz CT molecular complexity index is 644. The number of carbonyl (C=O) groups excluding carboxylic acids is 3. The molecule has 0 atom stereocenters. The molecule has 2 rings (SSSR count). The van der Waals surface area contributed by atoms with Crippen LogP contribution < -0.4 is 5.32 Å². The standard InChI is InChI=1S/C21H30N2O4/c1-21(2,3)27-20(26)22-13-7-10-18(24)23-14-11-17(12-15-23)19(25)16-8-5-4-6-9-16/h4-6,8-9,17H,7,10-15H2,1-3H3,(H,22,26). The number of carbonyl (C=O) groups is 3. The Morgan fingerprint density at radius 3 is 2.33 bits per heavy atom. The van der Waals surface area contributed by atoms with Crippen LogP contribution in [-0.2, 0) is 9.53 Å². The smallest absolute Gasteiger partial charge is 0.407 e.